The summed E-state index contributed by atoms with van der Waals surface area (Å²) in [6.45, 7) is 7.27. The Morgan fingerprint density at radius 1 is 1.24 bits per heavy atom. The second-order valence-corrected chi connectivity index (χ2v) is 10.9. The minimum atomic E-state index is -0.475. The zero-order valence-corrected chi connectivity index (χ0v) is 21.7. The number of carbonyl (C=O) groups is 3. The summed E-state index contributed by atoms with van der Waals surface area (Å²) >= 11 is 1.81. The molecular weight excluding hydrogens is 450 g/mol. The maximum Gasteiger partial charge on any atom is 0.226 e. The molecule has 0 bridgehead atoms. The van der Waals surface area contributed by atoms with Crippen molar-refractivity contribution in [1.82, 2.24) is 15.1 Å². The lowest BCUT2D eigenvalue weighted by Gasteiger charge is -2.44. The number of likely N-dealkylation sites (tertiary alicyclic amines) is 1. The number of rotatable bonds is 17. The Balaban J connectivity index is 1.73. The summed E-state index contributed by atoms with van der Waals surface area (Å²) in [5, 5.41) is 12.0. The molecule has 1 fully saturated rings. The van der Waals surface area contributed by atoms with Gasteiger partial charge in [0.15, 0.2) is 0 Å². The summed E-state index contributed by atoms with van der Waals surface area (Å²) in [5.41, 5.74) is 1.28. The maximum absolute atomic E-state index is 11.7. The molecule has 190 valence electrons. The number of β-amino-alcohol motifs (C(OH)–C–C–N with tert-alkyl or cyclic N) is 1. The number of aldehydes is 1. The molecule has 0 saturated carbocycles. The van der Waals surface area contributed by atoms with Crippen molar-refractivity contribution >= 4 is 30.4 Å². The average molecular weight is 492 g/mol. The number of aliphatic hydroxyl groups is 1. The highest BCUT2D eigenvalue weighted by Crippen LogP contribution is 2.28. The summed E-state index contributed by atoms with van der Waals surface area (Å²) in [5.74, 6) is 0.753. The number of thioether (sulfide) groups is 1. The van der Waals surface area contributed by atoms with E-state index in [0.29, 0.717) is 31.4 Å². The number of amides is 2. The third kappa shape index (κ3) is 9.86. The van der Waals surface area contributed by atoms with Gasteiger partial charge in [-0.1, -0.05) is 31.4 Å². The summed E-state index contributed by atoms with van der Waals surface area (Å²) in [7, 11) is 2.00. The zero-order chi connectivity index (χ0) is 25.0. The van der Waals surface area contributed by atoms with Crippen LogP contribution in [0, 0.1) is 0 Å². The number of nitrogens with one attached hydrogen (secondary N) is 1. The minimum absolute atomic E-state index is 0.136. The minimum Gasteiger partial charge on any atom is -0.388 e. The van der Waals surface area contributed by atoms with Crippen LogP contribution in [0.15, 0.2) is 23.1 Å². The van der Waals surface area contributed by atoms with Gasteiger partial charge < -0.3 is 5.11 Å². The molecule has 1 aliphatic rings. The first kappa shape index (κ1) is 28.5. The van der Waals surface area contributed by atoms with E-state index in [4.69, 9.17) is 0 Å². The van der Waals surface area contributed by atoms with Crippen LogP contribution in [0.2, 0.25) is 0 Å². The quantitative estimate of drug-likeness (QED) is 0.196. The average Bonchev–Trinajstić information content (AvgIpc) is 2.78. The Hall–Kier alpha value is -1.74. The summed E-state index contributed by atoms with van der Waals surface area (Å²) in [4.78, 5) is 39.2. The molecule has 1 atom stereocenters. The summed E-state index contributed by atoms with van der Waals surface area (Å²) in [6, 6.07) is 6.03. The molecule has 1 saturated heterocycles. The highest BCUT2D eigenvalue weighted by molar-refractivity contribution is 7.99. The molecule has 1 heterocycles. The van der Waals surface area contributed by atoms with Crippen molar-refractivity contribution in [1.29, 1.82) is 0 Å². The van der Waals surface area contributed by atoms with Crippen LogP contribution in [0.4, 0.5) is 0 Å². The van der Waals surface area contributed by atoms with E-state index in [9.17, 15) is 19.5 Å². The molecule has 1 aliphatic heterocycles. The van der Waals surface area contributed by atoms with Gasteiger partial charge >= 0.3 is 0 Å². The first-order valence-corrected chi connectivity index (χ1v) is 13.3. The fraction of sp³-hybridized carbons (Fsp3) is 0.654. The molecule has 2 N–H and O–H groups in total. The second-order valence-electron chi connectivity index (χ2n) is 9.75. The highest BCUT2D eigenvalue weighted by atomic mass is 32.2. The lowest BCUT2D eigenvalue weighted by Crippen LogP contribution is -2.59. The molecule has 0 aromatic heterocycles. The van der Waals surface area contributed by atoms with Crippen molar-refractivity contribution in [3.8, 4) is 0 Å². The molecule has 7 nitrogen and oxygen atoms in total. The van der Waals surface area contributed by atoms with Crippen LogP contribution >= 0.6 is 11.8 Å². The van der Waals surface area contributed by atoms with Crippen LogP contribution in [-0.4, -0.2) is 77.6 Å². The van der Waals surface area contributed by atoms with Gasteiger partial charge in [0.05, 0.1) is 5.60 Å². The van der Waals surface area contributed by atoms with E-state index in [1.54, 1.807) is 0 Å². The van der Waals surface area contributed by atoms with E-state index in [1.165, 1.54) is 25.7 Å². The molecule has 2 rings (SSSR count). The van der Waals surface area contributed by atoms with Crippen LogP contribution in [0.25, 0.3) is 0 Å². The Bertz CT molecular complexity index is 794. The Morgan fingerprint density at radius 3 is 2.62 bits per heavy atom. The molecule has 0 radical (unpaired) electrons. The summed E-state index contributed by atoms with van der Waals surface area (Å²) < 4.78 is 0. The van der Waals surface area contributed by atoms with E-state index < -0.39 is 5.60 Å². The molecule has 8 heteroatoms. The fourth-order valence-corrected chi connectivity index (χ4v) is 5.43. The third-order valence-electron chi connectivity index (χ3n) is 6.47. The van der Waals surface area contributed by atoms with Crippen molar-refractivity contribution in [2.75, 3.05) is 32.4 Å². The van der Waals surface area contributed by atoms with Crippen LogP contribution in [0.1, 0.15) is 74.7 Å². The first-order chi connectivity index (χ1) is 16.3. The van der Waals surface area contributed by atoms with E-state index in [1.807, 2.05) is 37.9 Å². The monoisotopic (exact) mass is 491 g/mol. The Labute approximate surface area is 208 Å². The topological polar surface area (TPSA) is 90.0 Å². The van der Waals surface area contributed by atoms with Gasteiger partial charge in [-0.3, -0.25) is 29.5 Å². The van der Waals surface area contributed by atoms with Gasteiger partial charge in [0.25, 0.3) is 0 Å². The molecule has 0 aliphatic carbocycles. The van der Waals surface area contributed by atoms with Crippen molar-refractivity contribution in [2.45, 2.75) is 81.9 Å². The van der Waals surface area contributed by atoms with Gasteiger partial charge in [-0.2, -0.15) is 0 Å². The predicted molar refractivity (Wildman–Crippen MR) is 137 cm³/mol. The second kappa shape index (κ2) is 14.6. The number of nitrogens with zero attached hydrogens (tertiary/aromatic N) is 2. The van der Waals surface area contributed by atoms with E-state index in [2.05, 4.69) is 28.1 Å². The maximum atomic E-state index is 11.7. The molecule has 0 spiro atoms. The molecule has 34 heavy (non-hydrogen) atoms. The zero-order valence-electron chi connectivity index (χ0n) is 20.9. The number of unbranched alkanes of at least 4 members (excludes halogenated alkanes) is 4. The van der Waals surface area contributed by atoms with Crippen LogP contribution in [0.5, 0.6) is 0 Å². The van der Waals surface area contributed by atoms with E-state index in [0.717, 1.165) is 48.6 Å². The number of hydrogen-bond donors (Lipinski definition) is 2. The third-order valence-corrected chi connectivity index (χ3v) is 7.66. The normalized spacial score (nSPS) is 16.1. The van der Waals surface area contributed by atoms with E-state index >= 15 is 0 Å². The van der Waals surface area contributed by atoms with Crippen LogP contribution in [-0.2, 0) is 16.1 Å². The lowest BCUT2D eigenvalue weighted by molar-refractivity contribution is -0.125. The molecule has 1 aromatic carbocycles. The Morgan fingerprint density at radius 2 is 1.94 bits per heavy atom. The van der Waals surface area contributed by atoms with Crippen LogP contribution in [0.3, 0.4) is 0 Å². The van der Waals surface area contributed by atoms with Crippen molar-refractivity contribution in [2.24, 2.45) is 0 Å². The molecule has 1 unspecified atom stereocenters. The van der Waals surface area contributed by atoms with Crippen molar-refractivity contribution in [3.05, 3.63) is 29.3 Å². The largest absolute Gasteiger partial charge is 0.388 e. The number of imide groups is 1. The smallest absolute Gasteiger partial charge is 0.226 e. The lowest BCUT2D eigenvalue weighted by atomic mass is 9.96. The summed E-state index contributed by atoms with van der Waals surface area (Å²) in [6.07, 6.45) is 8.26. The number of benzene rings is 1. The van der Waals surface area contributed by atoms with Crippen molar-refractivity contribution < 1.29 is 19.5 Å². The molecule has 2 amide bonds. The highest BCUT2D eigenvalue weighted by Gasteiger charge is 2.35. The van der Waals surface area contributed by atoms with Crippen LogP contribution < -0.4 is 5.32 Å². The fourth-order valence-electron chi connectivity index (χ4n) is 4.33. The molecule has 1 aromatic rings. The standard InChI is InChI=1S/C26H41N3O4S/c1-21(12-13-25(32)27-20-31)28(3)16-23-22(17-30)10-9-11-24(23)34-15-8-6-4-5-7-14-29-18-26(2,33)19-29/h9-11,17,20-21,33H,4-8,12-16,18-19H2,1-3H3,(H,27,31,32). The van der Waals surface area contributed by atoms with Gasteiger partial charge in [0.2, 0.25) is 12.3 Å². The van der Waals surface area contributed by atoms with E-state index in [-0.39, 0.29) is 11.9 Å². The SMILES string of the molecule is CC(CCC(=O)NC=O)N(C)Cc1c(C=O)cccc1SCCCCCCCN1CC(C)(O)C1. The Kier molecular flexibility index (Phi) is 12.2. The van der Waals surface area contributed by atoms with Gasteiger partial charge in [-0.15, -0.1) is 11.8 Å². The van der Waals surface area contributed by atoms with Gasteiger partial charge in [0.1, 0.15) is 6.29 Å². The number of hydrogen-bond acceptors (Lipinski definition) is 7. The predicted octanol–water partition coefficient (Wildman–Crippen LogP) is 3.48. The molecular formula is C26H41N3O4S. The van der Waals surface area contributed by atoms with Gasteiger partial charge in [-0.05, 0) is 64.1 Å². The number of carbonyl (C=O) groups excluding carboxylic acids is 3. The van der Waals surface area contributed by atoms with Gasteiger partial charge in [0, 0.05) is 42.6 Å². The van der Waals surface area contributed by atoms with Gasteiger partial charge in [-0.25, -0.2) is 0 Å². The first-order valence-electron chi connectivity index (χ1n) is 12.3. The van der Waals surface area contributed by atoms with Crippen molar-refractivity contribution in [3.63, 3.8) is 0 Å².